The molecular weight excluding hydrogens is 204 g/mol. The highest BCUT2D eigenvalue weighted by Crippen LogP contribution is 2.17. The summed E-state index contributed by atoms with van der Waals surface area (Å²) in [5.41, 5.74) is 1.42. The van der Waals surface area contributed by atoms with E-state index in [4.69, 9.17) is 9.68 Å². The van der Waals surface area contributed by atoms with Crippen LogP contribution in [0.15, 0.2) is 28.7 Å². The van der Waals surface area contributed by atoms with Gasteiger partial charge in [-0.25, -0.2) is 0 Å². The molecule has 0 spiro atoms. The van der Waals surface area contributed by atoms with Crippen LogP contribution in [-0.4, -0.2) is 17.2 Å². The van der Waals surface area contributed by atoms with Gasteiger partial charge in [0.25, 0.3) is 0 Å². The van der Waals surface area contributed by atoms with Gasteiger partial charge in [-0.1, -0.05) is 0 Å². The summed E-state index contributed by atoms with van der Waals surface area (Å²) in [6, 6.07) is 9.07. The van der Waals surface area contributed by atoms with Gasteiger partial charge in [-0.15, -0.1) is 10.2 Å². The number of hydrogen-bond acceptors (Lipinski definition) is 5. The molecule has 5 nitrogen and oxygen atoms in total. The molecule has 0 aliphatic carbocycles. The van der Waals surface area contributed by atoms with Gasteiger partial charge in [0.05, 0.1) is 18.2 Å². The molecule has 0 amide bonds. The van der Waals surface area contributed by atoms with E-state index in [1.165, 1.54) is 0 Å². The minimum Gasteiger partial charge on any atom is -0.419 e. The lowest BCUT2D eigenvalue weighted by atomic mass is 10.1. The number of hydrogen-bond donors (Lipinski definition) is 1. The van der Waals surface area contributed by atoms with Crippen LogP contribution in [0.25, 0.3) is 11.5 Å². The van der Waals surface area contributed by atoms with Gasteiger partial charge in [-0.05, 0) is 31.3 Å². The second kappa shape index (κ2) is 4.55. The average Bonchev–Trinajstić information content (AvgIpc) is 2.78. The minimum atomic E-state index is 0.467. The summed E-state index contributed by atoms with van der Waals surface area (Å²) in [7, 11) is 1.81. The lowest BCUT2D eigenvalue weighted by Crippen LogP contribution is -2.04. The average molecular weight is 214 g/mol. The molecule has 1 heterocycles. The summed E-state index contributed by atoms with van der Waals surface area (Å²) in [6.45, 7) is 0.545. The zero-order valence-electron chi connectivity index (χ0n) is 8.77. The maximum absolute atomic E-state index is 8.66. The van der Waals surface area contributed by atoms with Crippen molar-refractivity contribution in [3.63, 3.8) is 0 Å². The molecule has 0 aliphatic heterocycles. The summed E-state index contributed by atoms with van der Waals surface area (Å²) < 4.78 is 5.42. The molecular formula is C11H10N4O. The number of benzene rings is 1. The van der Waals surface area contributed by atoms with Crippen LogP contribution in [0.1, 0.15) is 11.5 Å². The quantitative estimate of drug-likeness (QED) is 0.834. The Kier molecular flexibility index (Phi) is 2.94. The van der Waals surface area contributed by atoms with Gasteiger partial charge in [-0.3, -0.25) is 0 Å². The van der Waals surface area contributed by atoms with Gasteiger partial charge in [-0.2, -0.15) is 5.26 Å². The van der Waals surface area contributed by atoms with Gasteiger partial charge >= 0.3 is 0 Å². The highest BCUT2D eigenvalue weighted by atomic mass is 16.4. The first-order valence-corrected chi connectivity index (χ1v) is 4.81. The van der Waals surface area contributed by atoms with E-state index < -0.39 is 0 Å². The Morgan fingerprint density at radius 1 is 1.31 bits per heavy atom. The van der Waals surface area contributed by atoms with Crippen molar-refractivity contribution in [2.75, 3.05) is 7.05 Å². The first-order valence-electron chi connectivity index (χ1n) is 4.81. The van der Waals surface area contributed by atoms with Gasteiger partial charge in [0.15, 0.2) is 0 Å². The van der Waals surface area contributed by atoms with E-state index in [2.05, 4.69) is 21.6 Å². The summed E-state index contributed by atoms with van der Waals surface area (Å²) in [5.74, 6) is 1.01. The normalized spacial score (nSPS) is 10.0. The number of nitrogens with zero attached hydrogens (tertiary/aromatic N) is 3. The second-order valence-corrected chi connectivity index (χ2v) is 3.22. The molecule has 2 aromatic rings. The van der Waals surface area contributed by atoms with Crippen molar-refractivity contribution in [3.8, 4) is 17.5 Å². The Morgan fingerprint density at radius 3 is 2.69 bits per heavy atom. The van der Waals surface area contributed by atoms with Crippen molar-refractivity contribution in [2.24, 2.45) is 0 Å². The second-order valence-electron chi connectivity index (χ2n) is 3.22. The molecule has 0 saturated carbocycles. The van der Waals surface area contributed by atoms with Crippen LogP contribution in [0, 0.1) is 11.3 Å². The highest BCUT2D eigenvalue weighted by Gasteiger charge is 2.07. The molecule has 0 atom stereocenters. The van der Waals surface area contributed by atoms with E-state index in [0.717, 1.165) is 5.56 Å². The van der Waals surface area contributed by atoms with Crippen molar-refractivity contribution >= 4 is 0 Å². The molecule has 2 rings (SSSR count). The Morgan fingerprint density at radius 2 is 2.06 bits per heavy atom. The van der Waals surface area contributed by atoms with Crippen molar-refractivity contribution in [2.45, 2.75) is 6.54 Å². The molecule has 16 heavy (non-hydrogen) atoms. The van der Waals surface area contributed by atoms with Crippen LogP contribution in [0.3, 0.4) is 0 Å². The maximum atomic E-state index is 8.66. The third kappa shape index (κ3) is 2.07. The largest absolute Gasteiger partial charge is 0.419 e. The molecule has 0 bridgehead atoms. The zero-order chi connectivity index (χ0) is 11.4. The Hall–Kier alpha value is -2.19. The van der Waals surface area contributed by atoms with Crippen molar-refractivity contribution in [1.82, 2.24) is 15.5 Å². The Bertz CT molecular complexity index is 510. The van der Waals surface area contributed by atoms with E-state index in [1.807, 2.05) is 7.05 Å². The van der Waals surface area contributed by atoms with Gasteiger partial charge in [0, 0.05) is 5.56 Å². The molecule has 80 valence electrons. The maximum Gasteiger partial charge on any atom is 0.247 e. The van der Waals surface area contributed by atoms with Crippen LogP contribution in [-0.2, 0) is 6.54 Å². The van der Waals surface area contributed by atoms with Crippen LogP contribution in [0.2, 0.25) is 0 Å². The smallest absolute Gasteiger partial charge is 0.247 e. The lowest BCUT2D eigenvalue weighted by Gasteiger charge is -1.94. The Labute approximate surface area is 92.7 Å². The third-order valence-electron chi connectivity index (χ3n) is 2.06. The van der Waals surface area contributed by atoms with E-state index in [9.17, 15) is 0 Å². The fraction of sp³-hybridized carbons (Fsp3) is 0.182. The van der Waals surface area contributed by atoms with E-state index >= 15 is 0 Å². The first-order chi connectivity index (χ1) is 7.83. The predicted molar refractivity (Wildman–Crippen MR) is 57.2 cm³/mol. The van der Waals surface area contributed by atoms with E-state index in [1.54, 1.807) is 24.3 Å². The zero-order valence-corrected chi connectivity index (χ0v) is 8.77. The van der Waals surface area contributed by atoms with E-state index in [0.29, 0.717) is 23.9 Å². The SMILES string of the molecule is CNCc1nnc(-c2ccc(C#N)cc2)o1. The van der Waals surface area contributed by atoms with Crippen LogP contribution in [0.4, 0.5) is 0 Å². The molecule has 0 aliphatic rings. The molecule has 1 aromatic heterocycles. The summed E-state index contributed by atoms with van der Waals surface area (Å²) in [5, 5.41) is 19.4. The lowest BCUT2D eigenvalue weighted by molar-refractivity contribution is 0.490. The van der Waals surface area contributed by atoms with Gasteiger partial charge in [0.2, 0.25) is 11.8 Å². The summed E-state index contributed by atoms with van der Waals surface area (Å²) in [4.78, 5) is 0. The first kappa shape index (κ1) is 10.3. The minimum absolute atomic E-state index is 0.467. The molecule has 1 N–H and O–H groups in total. The topological polar surface area (TPSA) is 74.7 Å². The van der Waals surface area contributed by atoms with Crippen LogP contribution < -0.4 is 5.32 Å². The van der Waals surface area contributed by atoms with Gasteiger partial charge < -0.3 is 9.73 Å². The number of aromatic nitrogens is 2. The van der Waals surface area contributed by atoms with Crippen molar-refractivity contribution in [3.05, 3.63) is 35.7 Å². The molecule has 0 fully saturated rings. The monoisotopic (exact) mass is 214 g/mol. The predicted octanol–water partition coefficient (Wildman–Crippen LogP) is 1.33. The molecule has 0 radical (unpaired) electrons. The standard InChI is InChI=1S/C11H10N4O/c1-13-7-10-14-15-11(16-10)9-4-2-8(6-12)3-5-9/h2-5,13H,7H2,1H3. The van der Waals surface area contributed by atoms with Gasteiger partial charge in [0.1, 0.15) is 0 Å². The van der Waals surface area contributed by atoms with Crippen molar-refractivity contribution in [1.29, 1.82) is 5.26 Å². The fourth-order valence-electron chi connectivity index (χ4n) is 1.28. The van der Waals surface area contributed by atoms with E-state index in [-0.39, 0.29) is 0 Å². The molecule has 0 unspecified atom stereocenters. The Balaban J connectivity index is 2.25. The van der Waals surface area contributed by atoms with Crippen LogP contribution >= 0.6 is 0 Å². The van der Waals surface area contributed by atoms with Crippen molar-refractivity contribution < 1.29 is 4.42 Å². The number of nitrogens with one attached hydrogen (secondary N) is 1. The molecule has 5 heteroatoms. The van der Waals surface area contributed by atoms with Crippen LogP contribution in [0.5, 0.6) is 0 Å². The molecule has 1 aromatic carbocycles. The highest BCUT2D eigenvalue weighted by molar-refractivity contribution is 5.54. The number of nitriles is 1. The summed E-state index contributed by atoms with van der Waals surface area (Å²) >= 11 is 0. The summed E-state index contributed by atoms with van der Waals surface area (Å²) in [6.07, 6.45) is 0. The molecule has 0 saturated heterocycles. The fourth-order valence-corrected chi connectivity index (χ4v) is 1.28. The number of rotatable bonds is 3. The third-order valence-corrected chi connectivity index (χ3v) is 2.06.